The molecule has 1 aromatic heterocycles. The summed E-state index contributed by atoms with van der Waals surface area (Å²) in [4.78, 5) is 11.1. The van der Waals surface area contributed by atoms with E-state index in [-0.39, 0.29) is 29.4 Å². The Morgan fingerprint density at radius 1 is 1.06 bits per heavy atom. The van der Waals surface area contributed by atoms with Crippen LogP contribution in [0.25, 0.3) is 0 Å². The first-order valence-electron chi connectivity index (χ1n) is 11.1. The maximum Gasteiger partial charge on any atom is 0.213 e. The van der Waals surface area contributed by atoms with Crippen molar-refractivity contribution >= 4 is 29.9 Å². The van der Waals surface area contributed by atoms with Crippen LogP contribution in [-0.4, -0.2) is 48.2 Å². The van der Waals surface area contributed by atoms with Crippen LogP contribution >= 0.6 is 24.0 Å². The third-order valence-electron chi connectivity index (χ3n) is 5.31. The summed E-state index contributed by atoms with van der Waals surface area (Å²) >= 11 is 0. The molecule has 0 radical (unpaired) electrons. The van der Waals surface area contributed by atoms with Gasteiger partial charge >= 0.3 is 0 Å². The zero-order chi connectivity index (χ0) is 22.4. The number of oxazole rings is 1. The first kappa shape index (κ1) is 26.6. The quantitative estimate of drug-likeness (QED) is 0.318. The lowest BCUT2D eigenvalue weighted by molar-refractivity contribution is -0.0704. The predicted octanol–water partition coefficient (Wildman–Crippen LogP) is 4.06. The van der Waals surface area contributed by atoms with Crippen LogP contribution < -0.4 is 10.6 Å². The van der Waals surface area contributed by atoms with Gasteiger partial charge in [0.15, 0.2) is 5.96 Å². The molecular formula is C24H38IN5O2. The Labute approximate surface area is 209 Å². The van der Waals surface area contributed by atoms with Crippen molar-refractivity contribution in [3.63, 3.8) is 0 Å². The molecule has 1 aromatic carbocycles. The van der Waals surface area contributed by atoms with E-state index < -0.39 is 0 Å². The topological polar surface area (TPSA) is 74.9 Å². The molecule has 7 nitrogen and oxygen atoms in total. The zero-order valence-corrected chi connectivity index (χ0v) is 22.5. The fourth-order valence-electron chi connectivity index (χ4n) is 3.74. The van der Waals surface area contributed by atoms with Crippen molar-refractivity contribution in [3.05, 3.63) is 53.2 Å². The van der Waals surface area contributed by atoms with Crippen LogP contribution in [0.15, 0.2) is 39.9 Å². The summed E-state index contributed by atoms with van der Waals surface area (Å²) < 4.78 is 11.7. The summed E-state index contributed by atoms with van der Waals surface area (Å²) in [5, 5.41) is 6.61. The molecule has 1 aliphatic heterocycles. The van der Waals surface area contributed by atoms with Crippen molar-refractivity contribution in [3.8, 4) is 0 Å². The van der Waals surface area contributed by atoms with Crippen LogP contribution in [0.4, 0.5) is 0 Å². The Kier molecular flexibility index (Phi) is 9.97. The molecule has 1 fully saturated rings. The van der Waals surface area contributed by atoms with Crippen LogP contribution in [-0.2, 0) is 29.8 Å². The number of guanidine groups is 1. The number of halogens is 1. The maximum absolute atomic E-state index is 5.83. The largest absolute Gasteiger partial charge is 0.443 e. The maximum atomic E-state index is 5.83. The van der Waals surface area contributed by atoms with Crippen molar-refractivity contribution in [2.24, 2.45) is 4.99 Å². The van der Waals surface area contributed by atoms with Crippen LogP contribution in [0.2, 0.25) is 0 Å². The molecule has 178 valence electrons. The summed E-state index contributed by atoms with van der Waals surface area (Å²) in [6, 6.07) is 8.76. The van der Waals surface area contributed by atoms with Crippen LogP contribution in [0.1, 0.15) is 57.4 Å². The number of hydrogen-bond acceptors (Lipinski definition) is 5. The fourth-order valence-corrected chi connectivity index (χ4v) is 3.74. The summed E-state index contributed by atoms with van der Waals surface area (Å²) in [5.74, 6) is 2.26. The third kappa shape index (κ3) is 8.04. The molecule has 2 atom stereocenters. The molecule has 0 saturated carbocycles. The third-order valence-corrected chi connectivity index (χ3v) is 5.31. The van der Waals surface area contributed by atoms with Gasteiger partial charge in [0.1, 0.15) is 5.76 Å². The van der Waals surface area contributed by atoms with Crippen molar-refractivity contribution in [2.45, 2.75) is 71.9 Å². The minimum absolute atomic E-state index is 0. The Morgan fingerprint density at radius 2 is 1.66 bits per heavy atom. The van der Waals surface area contributed by atoms with Gasteiger partial charge in [0.25, 0.3) is 0 Å². The second-order valence-electron chi connectivity index (χ2n) is 9.42. The molecule has 2 unspecified atom stereocenters. The summed E-state index contributed by atoms with van der Waals surface area (Å²) in [5.41, 5.74) is 2.49. The Morgan fingerprint density at radius 3 is 2.22 bits per heavy atom. The molecule has 0 spiro atoms. The summed E-state index contributed by atoms with van der Waals surface area (Å²) in [6.45, 7) is 14.7. The van der Waals surface area contributed by atoms with Gasteiger partial charge in [-0.25, -0.2) is 4.98 Å². The second-order valence-corrected chi connectivity index (χ2v) is 9.42. The number of benzene rings is 1. The van der Waals surface area contributed by atoms with E-state index in [2.05, 4.69) is 84.4 Å². The molecule has 2 N–H and O–H groups in total. The normalized spacial score (nSPS) is 20.0. The molecule has 32 heavy (non-hydrogen) atoms. The van der Waals surface area contributed by atoms with Crippen molar-refractivity contribution in [2.75, 3.05) is 20.1 Å². The van der Waals surface area contributed by atoms with E-state index in [1.54, 1.807) is 13.2 Å². The molecule has 1 saturated heterocycles. The van der Waals surface area contributed by atoms with Crippen molar-refractivity contribution in [1.29, 1.82) is 0 Å². The minimum atomic E-state index is -0.0460. The monoisotopic (exact) mass is 555 g/mol. The van der Waals surface area contributed by atoms with E-state index in [0.29, 0.717) is 31.2 Å². The van der Waals surface area contributed by atoms with Crippen LogP contribution in [0.3, 0.4) is 0 Å². The van der Waals surface area contributed by atoms with Gasteiger partial charge in [-0.1, -0.05) is 45.0 Å². The number of nitrogens with one attached hydrogen (secondary N) is 2. The first-order valence-corrected chi connectivity index (χ1v) is 11.1. The van der Waals surface area contributed by atoms with Gasteiger partial charge < -0.3 is 19.8 Å². The predicted molar refractivity (Wildman–Crippen MR) is 139 cm³/mol. The van der Waals surface area contributed by atoms with E-state index in [4.69, 9.17) is 9.15 Å². The van der Waals surface area contributed by atoms with E-state index in [1.165, 1.54) is 11.1 Å². The average Bonchev–Trinajstić information content (AvgIpc) is 3.18. The molecule has 2 heterocycles. The highest BCUT2D eigenvalue weighted by atomic mass is 127. The molecule has 0 bridgehead atoms. The lowest BCUT2D eigenvalue weighted by Crippen LogP contribution is -2.44. The minimum Gasteiger partial charge on any atom is -0.443 e. The van der Waals surface area contributed by atoms with Gasteiger partial charge in [-0.3, -0.25) is 9.89 Å². The lowest BCUT2D eigenvalue weighted by Gasteiger charge is -2.35. The zero-order valence-electron chi connectivity index (χ0n) is 20.1. The lowest BCUT2D eigenvalue weighted by atomic mass is 9.94. The Hall–Kier alpha value is -1.65. The molecule has 2 aromatic rings. The van der Waals surface area contributed by atoms with Crippen molar-refractivity contribution < 1.29 is 9.15 Å². The van der Waals surface area contributed by atoms with E-state index in [1.807, 2.05) is 0 Å². The Bertz CT molecular complexity index is 850. The standard InChI is InChI=1S/C24H37N5O2.HI/c1-17-14-29(15-18(2)30-17)16-20-9-7-19(8-10-20)11-27-23(25-6)28-13-22-26-12-21(31-22)24(3,4)5;/h7-10,12,17-18H,11,13-16H2,1-6H3,(H2,25,27,28);1H. The van der Waals surface area contributed by atoms with E-state index in [0.717, 1.165) is 31.4 Å². The first-order chi connectivity index (χ1) is 14.7. The van der Waals surface area contributed by atoms with Gasteiger partial charge in [-0.2, -0.15) is 0 Å². The summed E-state index contributed by atoms with van der Waals surface area (Å²) in [6.07, 6.45) is 2.39. The number of aromatic nitrogens is 1. The van der Waals surface area contributed by atoms with Gasteiger partial charge in [0, 0.05) is 38.6 Å². The summed E-state index contributed by atoms with van der Waals surface area (Å²) in [7, 11) is 1.76. The number of nitrogens with zero attached hydrogens (tertiary/aromatic N) is 3. The SMILES string of the molecule is CN=C(NCc1ccc(CN2CC(C)OC(C)C2)cc1)NCc1ncc(C(C)(C)C)o1.I. The second kappa shape index (κ2) is 12.0. The van der Waals surface area contributed by atoms with Crippen molar-refractivity contribution in [1.82, 2.24) is 20.5 Å². The molecule has 8 heteroatoms. The van der Waals surface area contributed by atoms with Gasteiger partial charge in [0.2, 0.25) is 5.89 Å². The number of ether oxygens (including phenoxy) is 1. The smallest absolute Gasteiger partial charge is 0.213 e. The number of aliphatic imine (C=N–C) groups is 1. The number of morpholine rings is 1. The van der Waals surface area contributed by atoms with E-state index in [9.17, 15) is 0 Å². The fraction of sp³-hybridized carbons (Fsp3) is 0.583. The van der Waals surface area contributed by atoms with Crippen LogP contribution in [0.5, 0.6) is 0 Å². The highest BCUT2D eigenvalue weighted by Crippen LogP contribution is 2.22. The molecule has 3 rings (SSSR count). The van der Waals surface area contributed by atoms with Gasteiger partial charge in [0.05, 0.1) is 24.9 Å². The highest BCUT2D eigenvalue weighted by Gasteiger charge is 2.22. The van der Waals surface area contributed by atoms with Crippen LogP contribution in [0, 0.1) is 0 Å². The molecular weight excluding hydrogens is 517 g/mol. The van der Waals surface area contributed by atoms with Gasteiger partial charge in [-0.15, -0.1) is 24.0 Å². The molecule has 1 aliphatic rings. The molecule has 0 aliphatic carbocycles. The van der Waals surface area contributed by atoms with Gasteiger partial charge in [-0.05, 0) is 25.0 Å². The van der Waals surface area contributed by atoms with E-state index >= 15 is 0 Å². The highest BCUT2D eigenvalue weighted by molar-refractivity contribution is 14.0. The number of rotatable bonds is 6. The average molecular weight is 556 g/mol. The Balaban J connectivity index is 0.00000363. The number of hydrogen-bond donors (Lipinski definition) is 2. The molecule has 0 amide bonds.